The van der Waals surface area contributed by atoms with Gasteiger partial charge in [0.25, 0.3) is 0 Å². The van der Waals surface area contributed by atoms with Gasteiger partial charge in [-0.15, -0.1) is 5.92 Å². The highest BCUT2D eigenvalue weighted by molar-refractivity contribution is 8.76. The number of aromatic hydroxyl groups is 1. The molecule has 4 bridgehead atoms. The molecule has 20 heteroatoms. The lowest BCUT2D eigenvalue weighted by Gasteiger charge is -2.69. The number of aromatic amines is 1. The maximum Gasteiger partial charge on any atom is 0.314 e. The van der Waals surface area contributed by atoms with Gasteiger partial charge in [0.1, 0.15) is 17.9 Å². The number of benzene rings is 2. The summed E-state index contributed by atoms with van der Waals surface area (Å²) in [6, 6.07) is 16.9. The zero-order chi connectivity index (χ0) is 67.0. The van der Waals surface area contributed by atoms with Crippen molar-refractivity contribution in [3.8, 4) is 17.6 Å². The highest BCUT2D eigenvalue weighted by Crippen LogP contribution is 2.77. The molecule has 25 atom stereocenters. The number of aromatic nitrogens is 1. The third-order valence-corrected chi connectivity index (χ3v) is 28.5. The number of carbonyl (C=O) groups excluding carboxylic acids is 3. The van der Waals surface area contributed by atoms with Crippen LogP contribution in [0.3, 0.4) is 0 Å². The van der Waals surface area contributed by atoms with E-state index in [0.717, 1.165) is 36.0 Å². The van der Waals surface area contributed by atoms with Crippen LogP contribution in [0, 0.1) is 106 Å². The quantitative estimate of drug-likeness (QED) is 0.0179. The molecule has 0 radical (unpaired) electrons. The first-order chi connectivity index (χ1) is 45.5. The number of esters is 1. The minimum atomic E-state index is -2.12. The molecule has 10 aliphatic rings. The molecule has 14 N–H and O–H groups in total. The fourth-order valence-electron chi connectivity index (χ4n) is 21.8. The van der Waals surface area contributed by atoms with Crippen molar-refractivity contribution in [3.63, 3.8) is 0 Å². The number of Topliss-reactive ketones (excluding diaryl/α,β-unsaturated/α-hetero) is 2. The van der Waals surface area contributed by atoms with Gasteiger partial charge >= 0.3 is 5.97 Å². The number of ketones is 2. The number of hydrogen-bond donors (Lipinski definition) is 13. The van der Waals surface area contributed by atoms with E-state index in [1.807, 2.05) is 56.4 Å². The summed E-state index contributed by atoms with van der Waals surface area (Å²) in [5.41, 5.74) is 4.26. The number of fused-ring (bicyclic) bond motifs is 10. The summed E-state index contributed by atoms with van der Waals surface area (Å²) in [6.07, 6.45) is 4.71. The number of nitrogens with zero attached hydrogens (tertiary/aromatic N) is 1. The molecule has 3 heterocycles. The van der Waals surface area contributed by atoms with E-state index < -0.39 is 142 Å². The van der Waals surface area contributed by atoms with Gasteiger partial charge in [-0.2, -0.15) is 0 Å². The smallest absolute Gasteiger partial charge is 0.314 e. The Bertz CT molecular complexity index is 3460. The summed E-state index contributed by atoms with van der Waals surface area (Å²) < 4.78 is 6.34. The summed E-state index contributed by atoms with van der Waals surface area (Å²) in [5.74, 6) is -0.746. The van der Waals surface area contributed by atoms with Crippen molar-refractivity contribution in [2.24, 2.45) is 104 Å². The number of cyclic esters (lactones) is 1. The summed E-state index contributed by atoms with van der Waals surface area (Å²) in [6.45, 7) is 7.62. The van der Waals surface area contributed by atoms with E-state index in [2.05, 4.69) is 40.5 Å². The first-order valence-electron chi connectivity index (χ1n) is 35.2. The molecule has 18 nitrogen and oxygen atoms in total. The number of aliphatic hydroxyl groups excluding tert-OH is 5. The fraction of sp³-hybridized carbons (Fsp3) is 0.653. The number of nitrogens with two attached hydrogens (primary N) is 1. The van der Waals surface area contributed by atoms with Crippen molar-refractivity contribution in [2.75, 3.05) is 24.7 Å². The number of guanidine groups is 1. The molecule has 2 saturated heterocycles. The number of rotatable bonds is 10. The van der Waals surface area contributed by atoms with Crippen molar-refractivity contribution < 1.29 is 65.1 Å². The molecule has 7 fully saturated rings. The van der Waals surface area contributed by atoms with E-state index in [-0.39, 0.29) is 104 Å². The maximum atomic E-state index is 16.6. The van der Waals surface area contributed by atoms with Gasteiger partial charge < -0.3 is 72.0 Å². The van der Waals surface area contributed by atoms with Crippen molar-refractivity contribution >= 4 is 45.1 Å². The van der Waals surface area contributed by atoms with E-state index in [9.17, 15) is 45.6 Å². The van der Waals surface area contributed by atoms with Gasteiger partial charge in [-0.1, -0.05) is 102 Å². The Kier molecular flexibility index (Phi) is 19.5. The molecule has 8 aliphatic carbocycles. The standard InChI is InChI=1S/C75H99N5O13S2/c1-5-58-60(61(70(90)93-58)46-24-25-77-34-46)43-12-9-13-45-31-75(92)64-62(72(3)32-57(84)66(86)54-38-95-94-37-47(41-17-21-49(82)22-18-41)28-56(83)55(36-81)80-65(64)67(87)63(54)72)44-16-20-48(35-79-71(76)78-33-40-10-7-6-8-11-40)74(75,30-44)68(45)73(4,91)59(85)29-53(69(88)89)50-23-19-42-15-14-39(2)26-51(42)52(50)27-43/h6-8,10-11,17-19,21-22,24-25,34,39,43-45,47-48,50-55,57-63,66,68-69,77,80-82,84-86,88-89,91-92H,5,13-16,20,23,26-33,35-38H2,1-4H3,(H3,76,78,79)/t39-,43-,44-,45+,47+,48+,50+,51-,52-,53+,54-,55+,57-,58+,59+,60+,61-,62-,63-,66+,68+,72+,73-,74-,75+/m0/s1. The van der Waals surface area contributed by atoms with Crippen LogP contribution in [0.25, 0.3) is 0 Å². The Morgan fingerprint density at radius 1 is 0.895 bits per heavy atom. The van der Waals surface area contributed by atoms with E-state index in [1.54, 1.807) is 37.4 Å². The molecule has 1 aromatic heterocycles. The number of allylic oxidation sites excluding steroid dienone is 3. The zero-order valence-corrected chi connectivity index (χ0v) is 56.8. The van der Waals surface area contributed by atoms with E-state index in [4.69, 9.17) is 15.5 Å². The molecular weight excluding hydrogens is 1240 g/mol. The van der Waals surface area contributed by atoms with Gasteiger partial charge in [-0.25, -0.2) is 4.99 Å². The molecule has 5 saturated carbocycles. The fourth-order valence-corrected chi connectivity index (χ4v) is 24.6. The van der Waals surface area contributed by atoms with Crippen LogP contribution in [0.4, 0.5) is 0 Å². The third kappa shape index (κ3) is 12.0. The normalized spacial score (nSPS) is 43.0. The predicted molar refractivity (Wildman–Crippen MR) is 363 cm³/mol. The van der Waals surface area contributed by atoms with Crippen LogP contribution < -0.4 is 16.4 Å². The lowest BCUT2D eigenvalue weighted by atomic mass is 9.37. The van der Waals surface area contributed by atoms with Crippen molar-refractivity contribution in [3.05, 3.63) is 113 Å². The van der Waals surface area contributed by atoms with Crippen LogP contribution in [-0.2, 0) is 25.7 Å². The van der Waals surface area contributed by atoms with E-state index in [0.29, 0.717) is 49.3 Å². The molecule has 95 heavy (non-hydrogen) atoms. The van der Waals surface area contributed by atoms with Gasteiger partial charge in [0.2, 0.25) is 0 Å². The van der Waals surface area contributed by atoms with Crippen LogP contribution in [0.15, 0.2) is 101 Å². The SMILES string of the molecule is CC[C@H]1OC(=O)[C@@H](c2cc[nH]c2)[C@@H]1[C@H]1C#CC[C@@H]2C[C@@]3(O)C4=C5N[C@H](CO)C(=O)C[C@@H](c6ccc(O)cc6)CSSC[C@@H]6[C@@H](O)[C@@H](O)C[C@](C)([C@H]4[C@H]4CC[C@H](CNC(N)=NCc7ccccc7)[C@@]3(C4)[C@H]2[C@@](C)(O)[C@H](O)C[C@@H](C(O)O)[C@@H]2CC=C3CC[C@H](C)C[C@@H]3[C@H]2C1)[C@@H]6C5=O. The molecule has 2 aromatic carbocycles. The van der Waals surface area contributed by atoms with Crippen LogP contribution in [-0.4, -0.2) is 147 Å². The molecule has 13 rings (SSSR count). The highest BCUT2D eigenvalue weighted by Gasteiger charge is 2.79. The Hall–Kier alpha value is -5.18. The lowest BCUT2D eigenvalue weighted by molar-refractivity contribution is -0.233. The Labute approximate surface area is 566 Å². The second kappa shape index (κ2) is 27.2. The lowest BCUT2D eigenvalue weighted by Crippen LogP contribution is -2.72. The predicted octanol–water partition coefficient (Wildman–Crippen LogP) is 7.39. The molecule has 2 aliphatic heterocycles. The summed E-state index contributed by atoms with van der Waals surface area (Å²) in [5, 5.41) is 121. The Morgan fingerprint density at radius 2 is 1.66 bits per heavy atom. The molecule has 0 amide bonds. The second-order valence-electron chi connectivity index (χ2n) is 30.9. The number of phenols is 1. The van der Waals surface area contributed by atoms with Gasteiger partial charge in [0.15, 0.2) is 23.8 Å². The van der Waals surface area contributed by atoms with E-state index in [1.165, 1.54) is 27.2 Å². The number of carbonyl (C=O) groups is 3. The van der Waals surface area contributed by atoms with Crippen LogP contribution in [0.5, 0.6) is 5.75 Å². The van der Waals surface area contributed by atoms with Gasteiger partial charge in [0.05, 0.1) is 54.3 Å². The number of H-pyrrole nitrogens is 1. The molecule has 0 unspecified atom stereocenters. The molecule has 3 aromatic rings. The third-order valence-electron chi connectivity index (χ3n) is 25.9. The summed E-state index contributed by atoms with van der Waals surface area (Å²) >= 11 is 0. The first kappa shape index (κ1) is 68.3. The molecule has 514 valence electrons. The minimum absolute atomic E-state index is 0.0140. The number of aliphatic imine (C=N–C) groups is 1. The van der Waals surface area contributed by atoms with Crippen LogP contribution >= 0.6 is 21.6 Å². The average Bonchev–Trinajstić information content (AvgIpc) is 1.61. The van der Waals surface area contributed by atoms with Crippen LogP contribution in [0.1, 0.15) is 146 Å². The van der Waals surface area contributed by atoms with E-state index >= 15 is 14.7 Å². The van der Waals surface area contributed by atoms with Crippen molar-refractivity contribution in [1.29, 1.82) is 0 Å². The van der Waals surface area contributed by atoms with Gasteiger partial charge in [0, 0.05) is 90.1 Å². The van der Waals surface area contributed by atoms with Crippen molar-refractivity contribution in [2.45, 2.75) is 184 Å². The summed E-state index contributed by atoms with van der Waals surface area (Å²) in [4.78, 5) is 54.1. The highest BCUT2D eigenvalue weighted by atomic mass is 33.1. The summed E-state index contributed by atoms with van der Waals surface area (Å²) in [7, 11) is 2.97. The van der Waals surface area contributed by atoms with Gasteiger partial charge in [-0.05, 0) is 177 Å². The number of ether oxygens (including phenoxy) is 1. The Morgan fingerprint density at radius 3 is 2.39 bits per heavy atom. The first-order valence-corrected chi connectivity index (χ1v) is 37.7. The maximum absolute atomic E-state index is 16.6. The second-order valence-corrected chi connectivity index (χ2v) is 33.5. The zero-order valence-electron chi connectivity index (χ0n) is 55.1. The topological polar surface area (TPSA) is 321 Å². The number of aliphatic hydroxyl groups is 8. The monoisotopic (exact) mass is 1340 g/mol. The number of hydrogen-bond acceptors (Lipinski definition) is 17. The molecule has 1 spiro atoms. The number of nitrogens with one attached hydrogen (secondary N) is 3. The minimum Gasteiger partial charge on any atom is -0.508 e. The Balaban J connectivity index is 1.01. The van der Waals surface area contributed by atoms with Crippen molar-refractivity contribution in [1.82, 2.24) is 15.6 Å². The molecular formula is C75H99N5O13S2. The average molecular weight is 1340 g/mol. The largest absolute Gasteiger partial charge is 0.508 e. The van der Waals surface area contributed by atoms with Crippen LogP contribution in [0.2, 0.25) is 0 Å². The number of phenolic OH excluding ortho intramolecular Hbond substituents is 1. The van der Waals surface area contributed by atoms with Gasteiger partial charge in [-0.3, -0.25) is 14.4 Å².